The zero-order valence-corrected chi connectivity index (χ0v) is 17.1. The second-order valence-electron chi connectivity index (χ2n) is 7.99. The van der Waals surface area contributed by atoms with Gasteiger partial charge in [0.05, 0.1) is 13.2 Å². The third kappa shape index (κ3) is 6.16. The van der Waals surface area contributed by atoms with E-state index >= 15 is 0 Å². The molecule has 0 saturated heterocycles. The average Bonchev–Trinajstić information content (AvgIpc) is 2.69. The molecule has 0 aromatic heterocycles. The summed E-state index contributed by atoms with van der Waals surface area (Å²) in [6, 6.07) is 28.0. The van der Waals surface area contributed by atoms with Crippen molar-refractivity contribution in [2.24, 2.45) is 0 Å². The van der Waals surface area contributed by atoms with Gasteiger partial charge in [-0.05, 0) is 52.4 Å². The van der Waals surface area contributed by atoms with Gasteiger partial charge in [0.25, 0.3) is 0 Å². The Morgan fingerprint density at radius 1 is 0.679 bits per heavy atom. The molecule has 0 N–H and O–H groups in total. The van der Waals surface area contributed by atoms with Crippen LogP contribution in [0.5, 0.6) is 11.5 Å². The van der Waals surface area contributed by atoms with E-state index in [2.05, 4.69) is 39.0 Å². The number of para-hydroxylation sites is 2. The van der Waals surface area contributed by atoms with Crippen molar-refractivity contribution in [3.63, 3.8) is 0 Å². The van der Waals surface area contributed by atoms with E-state index in [-0.39, 0.29) is 5.41 Å². The van der Waals surface area contributed by atoms with Gasteiger partial charge in [0, 0.05) is 12.8 Å². The smallest absolute Gasteiger partial charge is 0.119 e. The lowest BCUT2D eigenvalue weighted by Gasteiger charge is -2.21. The molecular weight excluding hydrogens is 344 g/mol. The van der Waals surface area contributed by atoms with Crippen molar-refractivity contribution in [2.45, 2.75) is 39.0 Å². The Kier molecular flexibility index (Phi) is 6.76. The third-order valence-electron chi connectivity index (χ3n) is 4.61. The van der Waals surface area contributed by atoms with E-state index in [0.717, 1.165) is 24.3 Å². The molecule has 0 amide bonds. The molecule has 3 aromatic carbocycles. The van der Waals surface area contributed by atoms with E-state index in [9.17, 15) is 0 Å². The van der Waals surface area contributed by atoms with Crippen LogP contribution in [0.15, 0.2) is 72.8 Å². The molecule has 0 bridgehead atoms. The van der Waals surface area contributed by atoms with Crippen LogP contribution in [0.25, 0.3) is 0 Å². The summed E-state index contributed by atoms with van der Waals surface area (Å²) >= 11 is 0. The predicted octanol–water partition coefficient (Wildman–Crippen LogP) is 6.03. The predicted molar refractivity (Wildman–Crippen MR) is 115 cm³/mol. The SMILES string of the molecule is CC(C)(C)c1cc(CCOc2ccccc2)[c]c(CCOc2ccccc2)c1. The van der Waals surface area contributed by atoms with Gasteiger partial charge < -0.3 is 9.47 Å². The van der Waals surface area contributed by atoms with Crippen LogP contribution in [-0.4, -0.2) is 13.2 Å². The van der Waals surface area contributed by atoms with E-state index in [1.165, 1.54) is 16.7 Å². The lowest BCUT2D eigenvalue weighted by Crippen LogP contribution is -2.14. The zero-order valence-electron chi connectivity index (χ0n) is 17.1. The molecule has 0 aliphatic heterocycles. The molecule has 0 fully saturated rings. The molecule has 145 valence electrons. The highest BCUT2D eigenvalue weighted by molar-refractivity contribution is 5.34. The molecule has 0 atom stereocenters. The van der Waals surface area contributed by atoms with E-state index in [1.807, 2.05) is 60.7 Å². The number of hydrogen-bond donors (Lipinski definition) is 0. The first-order chi connectivity index (χ1) is 13.5. The lowest BCUT2D eigenvalue weighted by atomic mass is 9.84. The van der Waals surface area contributed by atoms with Gasteiger partial charge in [-0.2, -0.15) is 0 Å². The second-order valence-corrected chi connectivity index (χ2v) is 7.99. The largest absolute Gasteiger partial charge is 0.493 e. The quantitative estimate of drug-likeness (QED) is 0.480. The van der Waals surface area contributed by atoms with Gasteiger partial charge in [0.15, 0.2) is 0 Å². The van der Waals surface area contributed by atoms with Crippen molar-refractivity contribution >= 4 is 0 Å². The summed E-state index contributed by atoms with van der Waals surface area (Å²) in [5, 5.41) is 0. The van der Waals surface area contributed by atoms with Crippen LogP contribution in [0, 0.1) is 6.07 Å². The topological polar surface area (TPSA) is 18.5 Å². The first-order valence-electron chi connectivity index (χ1n) is 9.92. The molecule has 0 unspecified atom stereocenters. The van der Waals surface area contributed by atoms with Crippen molar-refractivity contribution < 1.29 is 9.47 Å². The van der Waals surface area contributed by atoms with Gasteiger partial charge in [0.2, 0.25) is 0 Å². The molecule has 28 heavy (non-hydrogen) atoms. The summed E-state index contributed by atoms with van der Waals surface area (Å²) in [5.74, 6) is 1.82. The maximum absolute atomic E-state index is 5.87. The summed E-state index contributed by atoms with van der Waals surface area (Å²) < 4.78 is 11.7. The maximum atomic E-state index is 5.87. The fourth-order valence-corrected chi connectivity index (χ4v) is 2.99. The lowest BCUT2D eigenvalue weighted by molar-refractivity contribution is 0.320. The van der Waals surface area contributed by atoms with Crippen molar-refractivity contribution in [1.82, 2.24) is 0 Å². The molecule has 0 aliphatic rings. The van der Waals surface area contributed by atoms with Gasteiger partial charge in [-0.25, -0.2) is 0 Å². The fraction of sp³-hybridized carbons (Fsp3) is 0.308. The summed E-state index contributed by atoms with van der Waals surface area (Å²) in [5.41, 5.74) is 3.81. The van der Waals surface area contributed by atoms with Crippen LogP contribution in [0.3, 0.4) is 0 Å². The number of ether oxygens (including phenoxy) is 2. The molecular formula is C26H29O2. The summed E-state index contributed by atoms with van der Waals surface area (Å²) in [6.07, 6.45) is 1.68. The minimum absolute atomic E-state index is 0.0964. The summed E-state index contributed by atoms with van der Waals surface area (Å²) in [6.45, 7) is 8.03. The maximum Gasteiger partial charge on any atom is 0.119 e. The van der Waals surface area contributed by atoms with Crippen molar-refractivity contribution in [3.8, 4) is 11.5 Å². The van der Waals surface area contributed by atoms with Gasteiger partial charge in [-0.3, -0.25) is 0 Å². The Bertz CT molecular complexity index is 785. The van der Waals surface area contributed by atoms with E-state index in [1.54, 1.807) is 0 Å². The number of rotatable bonds is 8. The molecule has 2 nitrogen and oxygen atoms in total. The Morgan fingerprint density at radius 3 is 1.50 bits per heavy atom. The highest BCUT2D eigenvalue weighted by Crippen LogP contribution is 2.25. The summed E-state index contributed by atoms with van der Waals surface area (Å²) in [7, 11) is 0. The molecule has 3 rings (SSSR count). The average molecular weight is 374 g/mol. The third-order valence-corrected chi connectivity index (χ3v) is 4.61. The minimum Gasteiger partial charge on any atom is -0.493 e. The molecule has 1 radical (unpaired) electrons. The molecule has 2 heteroatoms. The molecule has 0 spiro atoms. The number of hydrogen-bond acceptors (Lipinski definition) is 2. The van der Waals surface area contributed by atoms with Crippen LogP contribution in [0.2, 0.25) is 0 Å². The van der Waals surface area contributed by atoms with Crippen LogP contribution in [-0.2, 0) is 18.3 Å². The first-order valence-corrected chi connectivity index (χ1v) is 9.92. The first kappa shape index (κ1) is 20.0. The monoisotopic (exact) mass is 373 g/mol. The van der Waals surface area contributed by atoms with Crippen molar-refractivity contribution in [1.29, 1.82) is 0 Å². The Labute approximate surface area is 169 Å². The van der Waals surface area contributed by atoms with E-state index < -0.39 is 0 Å². The highest BCUT2D eigenvalue weighted by Gasteiger charge is 2.15. The Morgan fingerprint density at radius 2 is 1.11 bits per heavy atom. The van der Waals surface area contributed by atoms with Gasteiger partial charge in [0.1, 0.15) is 11.5 Å². The molecule has 0 heterocycles. The molecule has 0 aliphatic carbocycles. The minimum atomic E-state index is 0.0964. The van der Waals surface area contributed by atoms with Gasteiger partial charge >= 0.3 is 0 Å². The van der Waals surface area contributed by atoms with Crippen molar-refractivity contribution in [2.75, 3.05) is 13.2 Å². The molecule has 0 saturated carbocycles. The van der Waals surface area contributed by atoms with Crippen LogP contribution in [0.1, 0.15) is 37.5 Å². The summed E-state index contributed by atoms with van der Waals surface area (Å²) in [4.78, 5) is 0. The van der Waals surface area contributed by atoms with Crippen LogP contribution >= 0.6 is 0 Å². The Hall–Kier alpha value is -2.74. The Balaban J connectivity index is 1.64. The molecule has 3 aromatic rings. The normalized spacial score (nSPS) is 11.2. The number of benzene rings is 3. The standard InChI is InChI=1S/C26H29O2/c1-26(2,3)23-19-21(14-16-27-24-10-6-4-7-11-24)18-22(20-23)15-17-28-25-12-8-5-9-13-25/h4-13,19-20H,14-17H2,1-3H3. The van der Waals surface area contributed by atoms with Crippen LogP contribution in [0.4, 0.5) is 0 Å². The second kappa shape index (κ2) is 9.45. The van der Waals surface area contributed by atoms with E-state index in [4.69, 9.17) is 9.47 Å². The van der Waals surface area contributed by atoms with Gasteiger partial charge in [-0.15, -0.1) is 0 Å². The van der Waals surface area contributed by atoms with Gasteiger partial charge in [-0.1, -0.05) is 69.3 Å². The zero-order chi connectivity index (χ0) is 19.8. The van der Waals surface area contributed by atoms with Crippen LogP contribution < -0.4 is 9.47 Å². The highest BCUT2D eigenvalue weighted by atomic mass is 16.5. The fourth-order valence-electron chi connectivity index (χ4n) is 2.99. The van der Waals surface area contributed by atoms with E-state index in [0.29, 0.717) is 13.2 Å². The van der Waals surface area contributed by atoms with Crippen molar-refractivity contribution in [3.05, 3.63) is 95.6 Å².